The van der Waals surface area contributed by atoms with Gasteiger partial charge in [-0.1, -0.05) is 53.2 Å². The highest BCUT2D eigenvalue weighted by molar-refractivity contribution is 7.81. The summed E-state index contributed by atoms with van der Waals surface area (Å²) < 4.78 is 171. The van der Waals surface area contributed by atoms with Crippen molar-refractivity contribution in [1.82, 2.24) is 0 Å². The number of cyclic esters (lactones) is 1. The highest BCUT2D eigenvalue weighted by Crippen LogP contribution is 2.75. The van der Waals surface area contributed by atoms with Crippen LogP contribution in [0, 0.1) is 45.3 Å². The normalized spacial score (nSPS) is 46.7. The minimum Gasteiger partial charge on any atom is -0.458 e. The van der Waals surface area contributed by atoms with Gasteiger partial charge in [0, 0.05) is 31.8 Å². The van der Waals surface area contributed by atoms with Crippen molar-refractivity contribution in [2.75, 3.05) is 26.9 Å². The van der Waals surface area contributed by atoms with Gasteiger partial charge < -0.3 is 83.1 Å². The molecule has 10 N–H and O–H groups in total. The average Bonchev–Trinajstić information content (AvgIpc) is 1.54. The van der Waals surface area contributed by atoms with E-state index < -0.39 is 213 Å². The maximum Gasteiger partial charge on any atom is 0.397 e. The Morgan fingerprint density at radius 1 is 0.674 bits per heavy atom. The lowest BCUT2D eigenvalue weighted by atomic mass is 9.41. The zero-order chi connectivity index (χ0) is 65.8. The molecule has 0 radical (unpaired) electrons. The highest BCUT2D eigenvalue weighted by Gasteiger charge is 2.79. The first-order valence-corrected chi connectivity index (χ1v) is 33.6. The van der Waals surface area contributed by atoms with Crippen LogP contribution in [0.2, 0.25) is 0 Å². The first-order valence-electron chi connectivity index (χ1n) is 29.5. The number of esters is 1. The Labute approximate surface area is 514 Å². The number of fused-ring (bicyclic) bond motifs is 4. The van der Waals surface area contributed by atoms with Crippen LogP contribution >= 0.6 is 0 Å². The number of aliphatic hydroxyl groups is 7. The zero-order valence-corrected chi connectivity index (χ0v) is 52.8. The van der Waals surface area contributed by atoms with E-state index in [9.17, 15) is 84.5 Å². The summed E-state index contributed by atoms with van der Waals surface area (Å²) in [6.07, 6.45) is -32.8. The molecule has 0 unspecified atom stereocenters. The van der Waals surface area contributed by atoms with Gasteiger partial charge in [-0.05, 0) is 74.5 Å². The lowest BCUT2D eigenvalue weighted by Gasteiger charge is -2.63. The van der Waals surface area contributed by atoms with Crippen LogP contribution in [0.15, 0.2) is 11.6 Å². The molecule has 5 saturated heterocycles. The molecule has 9 aliphatic rings. The van der Waals surface area contributed by atoms with Crippen LogP contribution < -0.4 is 0 Å². The highest BCUT2D eigenvalue weighted by atomic mass is 32.3. The molecular formula is C54H84O32S3. The molecule has 0 amide bonds. The van der Waals surface area contributed by atoms with Crippen molar-refractivity contribution in [3.8, 4) is 0 Å². The van der Waals surface area contributed by atoms with Gasteiger partial charge in [-0.25, -0.2) is 12.5 Å². The summed E-state index contributed by atoms with van der Waals surface area (Å²) in [7, 11) is -14.6. The summed E-state index contributed by atoms with van der Waals surface area (Å²) >= 11 is 0. The summed E-state index contributed by atoms with van der Waals surface area (Å²) in [5, 5.41) is 80.2. The first kappa shape index (κ1) is 70.8. The van der Waals surface area contributed by atoms with Crippen molar-refractivity contribution in [2.45, 2.75) is 235 Å². The van der Waals surface area contributed by atoms with Crippen LogP contribution in [0.3, 0.4) is 0 Å². The number of rotatable bonds is 21. The number of carbonyl (C=O) groups excluding carboxylic acids is 3. The molecule has 89 heavy (non-hydrogen) atoms. The Morgan fingerprint density at radius 2 is 1.24 bits per heavy atom. The van der Waals surface area contributed by atoms with Gasteiger partial charge in [-0.2, -0.15) is 25.3 Å². The number of methoxy groups -OCH3 is 1. The van der Waals surface area contributed by atoms with E-state index in [2.05, 4.69) is 21.4 Å². The topological polar surface area (TPSA) is 476 Å². The summed E-state index contributed by atoms with van der Waals surface area (Å²) in [6, 6.07) is 0. The molecule has 35 heteroatoms. The monoisotopic (exact) mass is 1340 g/mol. The molecule has 0 aromatic carbocycles. The largest absolute Gasteiger partial charge is 0.458 e. The Kier molecular flexibility index (Phi) is 20.4. The number of aliphatic hydroxyl groups excluding tert-OH is 7. The Bertz CT molecular complexity index is 3000. The van der Waals surface area contributed by atoms with E-state index in [0.717, 1.165) is 12.7 Å². The van der Waals surface area contributed by atoms with Gasteiger partial charge in [0.05, 0.1) is 43.4 Å². The molecule has 5 heterocycles. The smallest absolute Gasteiger partial charge is 0.397 e. The SMILES string of the molecule is CO[C@H]1[C@@H](O)[C@@H](O[C@H]2[C@@H](O)[C@@H](O[C@@H]3[C@H](O)[C@H](O)[C@H](O[C@H]4[C@@H](O[C@@H]5CC[C@]6(C)[C@@H]7CC[C@@]89C(=O)O[C@](C)(CC(=O)CC(C)C)[C@@H]8C(=O)C[C@]9(C)C7=CC[C@@H]6C5(C)C)OC[C@@H](OS(=O)(=O)O)[C@H]4O)O[C@@H]3C)O[C@@H](COS(=O)(=O)O)[C@H]2O)O[C@@H](COS(=O)(=O)O)[C@H]1O. The van der Waals surface area contributed by atoms with Gasteiger partial charge in [0.1, 0.15) is 103 Å². The third-order valence-electron chi connectivity index (χ3n) is 20.4. The second-order valence-electron chi connectivity index (χ2n) is 26.8. The first-order chi connectivity index (χ1) is 41.1. The average molecular weight is 1340 g/mol. The third-order valence-corrected chi connectivity index (χ3v) is 21.8. The summed E-state index contributed by atoms with van der Waals surface area (Å²) in [6.45, 7) is 12.0. The van der Waals surface area contributed by atoms with Crippen molar-refractivity contribution < 1.29 is 149 Å². The summed E-state index contributed by atoms with van der Waals surface area (Å²) in [4.78, 5) is 42.0. The van der Waals surface area contributed by atoms with E-state index in [1.807, 2.05) is 34.6 Å². The lowest BCUT2D eigenvalue weighted by Crippen LogP contribution is -2.67. The maximum atomic E-state index is 14.4. The molecule has 8 fully saturated rings. The third kappa shape index (κ3) is 13.5. The van der Waals surface area contributed by atoms with E-state index in [1.54, 1.807) is 6.92 Å². The van der Waals surface area contributed by atoms with Gasteiger partial charge in [0.2, 0.25) is 0 Å². The van der Waals surface area contributed by atoms with E-state index >= 15 is 0 Å². The van der Waals surface area contributed by atoms with E-state index in [1.165, 1.54) is 6.92 Å². The van der Waals surface area contributed by atoms with Gasteiger partial charge in [0.25, 0.3) is 0 Å². The molecule has 5 aliphatic heterocycles. The minimum absolute atomic E-state index is 0.0561. The predicted molar refractivity (Wildman–Crippen MR) is 292 cm³/mol. The van der Waals surface area contributed by atoms with Gasteiger partial charge in [0.15, 0.2) is 25.2 Å². The number of carbonyl (C=O) groups is 3. The van der Waals surface area contributed by atoms with Crippen molar-refractivity contribution in [3.05, 3.63) is 11.6 Å². The van der Waals surface area contributed by atoms with E-state index in [-0.39, 0.29) is 48.6 Å². The Morgan fingerprint density at radius 3 is 1.81 bits per heavy atom. The van der Waals surface area contributed by atoms with Gasteiger partial charge >= 0.3 is 37.2 Å². The molecule has 9 rings (SSSR count). The summed E-state index contributed by atoms with van der Waals surface area (Å²) in [5.41, 5.74) is -3.48. The molecule has 4 aliphatic carbocycles. The zero-order valence-electron chi connectivity index (χ0n) is 50.4. The quantitative estimate of drug-likeness (QED) is 0.0356. The molecule has 32 nitrogen and oxygen atoms in total. The molecule has 1 spiro atoms. The fourth-order valence-corrected chi connectivity index (χ4v) is 17.5. The van der Waals surface area contributed by atoms with Crippen molar-refractivity contribution in [2.24, 2.45) is 45.3 Å². The number of Topliss-reactive ketones (excluding diaryl/α,β-unsaturated/α-hetero) is 2. The van der Waals surface area contributed by atoms with E-state index in [0.29, 0.717) is 32.1 Å². The Balaban J connectivity index is 0.918. The molecule has 27 atom stereocenters. The Hall–Kier alpha value is -2.48. The van der Waals surface area contributed by atoms with Crippen LogP contribution in [-0.2, 0) is 105 Å². The molecule has 510 valence electrons. The second-order valence-corrected chi connectivity index (χ2v) is 30.1. The lowest BCUT2D eigenvalue weighted by molar-refractivity contribution is -0.389. The molecule has 0 aromatic heterocycles. The fraction of sp³-hybridized carbons (Fsp3) is 0.907. The number of hydrogen-bond acceptors (Lipinski definition) is 29. The number of ether oxygens (including phenoxy) is 10. The summed E-state index contributed by atoms with van der Waals surface area (Å²) in [5.74, 6) is -1.57. The molecule has 0 bridgehead atoms. The van der Waals surface area contributed by atoms with Gasteiger partial charge in [-0.15, -0.1) is 0 Å². The van der Waals surface area contributed by atoms with Crippen LogP contribution in [0.5, 0.6) is 0 Å². The standard InChI is InChI=1S/C54H84O32S3/c1-22(2)16-24(55)17-53(8)44-27(56)18-52(7)26-10-11-31-50(4,5)32(13-14-51(31,6)25(26)12-15-54(44,52)49(64)85-53)81-48-43(35(59)30(19-75-48)86-89(71,72)73)84-45-37(61)36(60)40(23(3)78-45)82-47-39(63)42(34(58)29(80-47)21-77-88(68,69)70)83-46-38(62)41(74-9)33(57)28(79-46)20-76-87(65,66)67/h10,22-23,25,28-48,57-63H,11-21H2,1-9H3,(H,65,66,67)(H,68,69,70)(H,71,72,73)/t23-,25-,28+,29+,30-,31-,32-,33-,34-,35-,36-,37+,38-,39-,40+,41-,42-,43-,44+,45+,46-,47-,48-,51-,52-,53-,54+/m1/s1. The molecule has 0 aromatic rings. The van der Waals surface area contributed by atoms with Crippen LogP contribution in [0.1, 0.15) is 107 Å². The maximum absolute atomic E-state index is 14.4. The minimum atomic E-state index is -5.26. The van der Waals surface area contributed by atoms with Crippen LogP contribution in [0.25, 0.3) is 0 Å². The van der Waals surface area contributed by atoms with Crippen molar-refractivity contribution in [3.63, 3.8) is 0 Å². The number of allylic oxidation sites excluding steroid dienone is 2. The van der Waals surface area contributed by atoms with Crippen LogP contribution in [-0.4, -0.2) is 248 Å². The van der Waals surface area contributed by atoms with Crippen molar-refractivity contribution >= 4 is 48.7 Å². The second kappa shape index (κ2) is 25.6. The van der Waals surface area contributed by atoms with Crippen molar-refractivity contribution in [1.29, 1.82) is 0 Å². The van der Waals surface area contributed by atoms with Crippen LogP contribution in [0.4, 0.5) is 0 Å². The molecular weight excluding hydrogens is 1260 g/mol. The molecule has 3 saturated carbocycles. The van der Waals surface area contributed by atoms with Gasteiger partial charge in [-0.3, -0.25) is 28.0 Å². The number of ketones is 2. The van der Waals surface area contributed by atoms with E-state index in [4.69, 9.17) is 56.1 Å². The fourth-order valence-electron chi connectivity index (χ4n) is 16.5. The predicted octanol–water partition coefficient (Wildman–Crippen LogP) is -1.47. The number of hydrogen-bond donors (Lipinski definition) is 10.